The molecule has 0 saturated carbocycles. The van der Waals surface area contributed by atoms with E-state index in [0.29, 0.717) is 0 Å². The molecule has 2 aliphatic heterocycles. The van der Waals surface area contributed by atoms with Crippen molar-refractivity contribution < 1.29 is 0 Å². The molecule has 0 N–H and O–H groups in total. The van der Waals surface area contributed by atoms with Crippen LogP contribution in [0.4, 0.5) is 0 Å². The predicted octanol–water partition coefficient (Wildman–Crippen LogP) is 6.04. The van der Waals surface area contributed by atoms with Crippen LogP contribution in [0.5, 0.6) is 0 Å². The van der Waals surface area contributed by atoms with Crippen LogP contribution < -0.4 is 0 Å². The topological polar surface area (TPSA) is 0 Å². The summed E-state index contributed by atoms with van der Waals surface area (Å²) in [4.78, 5) is 0. The van der Waals surface area contributed by atoms with Gasteiger partial charge in [0.05, 0.1) is 0 Å². The maximum atomic E-state index is 4.13. The number of halogens is 2. The zero-order valence-electron chi connectivity index (χ0n) is 10.1. The Morgan fingerprint density at radius 1 is 0.625 bits per heavy atom. The van der Waals surface area contributed by atoms with Crippen molar-refractivity contribution in [3.05, 3.63) is 0 Å². The van der Waals surface area contributed by atoms with Crippen molar-refractivity contribution in [1.29, 1.82) is 0 Å². The Kier molecular flexibility index (Phi) is 5.80. The molecule has 2 aliphatic rings. The van der Waals surface area contributed by atoms with Gasteiger partial charge in [0.25, 0.3) is 0 Å². The molecule has 2 fully saturated rings. The summed E-state index contributed by atoms with van der Waals surface area (Å²) >= 11 is 6.16. The van der Waals surface area contributed by atoms with Crippen molar-refractivity contribution in [2.45, 2.75) is 70.4 Å². The van der Waals surface area contributed by atoms with Gasteiger partial charge in [0.2, 0.25) is 0 Å². The van der Waals surface area contributed by atoms with Crippen LogP contribution in [0.3, 0.4) is 0 Å². The molecule has 2 heterocycles. The molecular formula is C12H24Br2Se2. The molecule has 0 aromatic rings. The number of hydrogen-bond acceptors (Lipinski definition) is 0. The van der Waals surface area contributed by atoms with E-state index < -0.39 is 22.1 Å². The Balaban J connectivity index is 1.61. The number of rotatable bonds is 5. The minimum atomic E-state index is -1.05. The van der Waals surface area contributed by atoms with Gasteiger partial charge in [-0.1, -0.05) is 0 Å². The van der Waals surface area contributed by atoms with E-state index in [-0.39, 0.29) is 0 Å². The van der Waals surface area contributed by atoms with Crippen molar-refractivity contribution in [2.24, 2.45) is 0 Å². The summed E-state index contributed by atoms with van der Waals surface area (Å²) in [5.41, 5.74) is 0. The molecule has 0 unspecified atom stereocenters. The van der Waals surface area contributed by atoms with Crippen molar-refractivity contribution >= 4 is 50.3 Å². The maximum absolute atomic E-state index is 4.13. The van der Waals surface area contributed by atoms with E-state index in [4.69, 9.17) is 0 Å². The molecule has 0 amide bonds. The number of hydrogen-bond donors (Lipinski definition) is 0. The average Bonchev–Trinajstić information content (AvgIpc) is 2.84. The molecule has 2 rings (SSSR count). The van der Waals surface area contributed by atoms with Gasteiger partial charge >= 0.3 is 121 Å². The standard InChI is InChI=1S/C12H24Br2Se2/c13-15(7-1-2-8-15)11-5-6-12-16(14)9-3-4-10-16/h1-12H2. The predicted molar refractivity (Wildman–Crippen MR) is 85.9 cm³/mol. The average molecular weight is 486 g/mol. The van der Waals surface area contributed by atoms with E-state index in [1.807, 2.05) is 0 Å². The first kappa shape index (κ1) is 14.4. The third kappa shape index (κ3) is 4.28. The van der Waals surface area contributed by atoms with Crippen LogP contribution in [0.25, 0.3) is 0 Å². The molecule has 0 radical (unpaired) electrons. The summed E-state index contributed by atoms with van der Waals surface area (Å²) in [6.45, 7) is 0. The Morgan fingerprint density at radius 3 is 1.25 bits per heavy atom. The van der Waals surface area contributed by atoms with Gasteiger partial charge in [-0.2, -0.15) is 0 Å². The van der Waals surface area contributed by atoms with Gasteiger partial charge in [0.15, 0.2) is 0 Å². The zero-order valence-corrected chi connectivity index (χ0v) is 16.7. The second-order valence-electron chi connectivity index (χ2n) is 5.23. The molecule has 0 aliphatic carbocycles. The van der Waals surface area contributed by atoms with Crippen LogP contribution in [0.2, 0.25) is 31.9 Å². The van der Waals surface area contributed by atoms with Crippen LogP contribution in [-0.4, -0.2) is 22.1 Å². The van der Waals surface area contributed by atoms with Gasteiger partial charge < -0.3 is 0 Å². The molecule has 2 saturated heterocycles. The van der Waals surface area contributed by atoms with Gasteiger partial charge in [-0.3, -0.25) is 0 Å². The molecule has 0 spiro atoms. The number of unbranched alkanes of at least 4 members (excludes halogenated alkanes) is 1. The normalized spacial score (nSPS) is 31.4. The molecule has 0 atom stereocenters. The van der Waals surface area contributed by atoms with E-state index in [2.05, 4.69) is 28.2 Å². The molecule has 4 heteroatoms. The van der Waals surface area contributed by atoms with Gasteiger partial charge in [0.1, 0.15) is 0 Å². The first-order valence-electron chi connectivity index (χ1n) is 6.54. The van der Waals surface area contributed by atoms with Crippen LogP contribution in [0, 0.1) is 0 Å². The van der Waals surface area contributed by atoms with Gasteiger partial charge in [0, 0.05) is 0 Å². The van der Waals surface area contributed by atoms with Crippen molar-refractivity contribution in [1.82, 2.24) is 0 Å². The summed E-state index contributed by atoms with van der Waals surface area (Å²) in [5, 5.41) is 9.47. The third-order valence-electron chi connectivity index (χ3n) is 3.81. The molecule has 16 heavy (non-hydrogen) atoms. The van der Waals surface area contributed by atoms with Crippen LogP contribution >= 0.6 is 28.2 Å². The fourth-order valence-corrected chi connectivity index (χ4v) is 21.6. The Labute approximate surface area is 120 Å². The summed E-state index contributed by atoms with van der Waals surface area (Å²) in [7, 11) is 0. The summed E-state index contributed by atoms with van der Waals surface area (Å²) in [5.74, 6) is 0. The molecule has 0 aromatic carbocycles. The molecular weight excluding hydrogens is 462 g/mol. The van der Waals surface area contributed by atoms with Crippen LogP contribution in [0.1, 0.15) is 38.5 Å². The van der Waals surface area contributed by atoms with Crippen molar-refractivity contribution in [3.63, 3.8) is 0 Å². The summed E-state index contributed by atoms with van der Waals surface area (Å²) in [6.07, 6.45) is 9.12. The van der Waals surface area contributed by atoms with Gasteiger partial charge in [-0.25, -0.2) is 0 Å². The fraction of sp³-hybridized carbons (Fsp3) is 1.00. The zero-order chi connectivity index (χ0) is 11.5. The Hall–Kier alpha value is 2.00. The van der Waals surface area contributed by atoms with Gasteiger partial charge in [-0.05, 0) is 0 Å². The molecule has 98 valence electrons. The Morgan fingerprint density at radius 2 is 0.938 bits per heavy atom. The second-order valence-corrected chi connectivity index (χ2v) is 32.5. The van der Waals surface area contributed by atoms with Crippen molar-refractivity contribution in [2.75, 3.05) is 0 Å². The minimum absolute atomic E-state index is 1.05. The van der Waals surface area contributed by atoms with Crippen LogP contribution in [-0.2, 0) is 0 Å². The molecule has 0 aromatic heterocycles. The summed E-state index contributed by atoms with van der Waals surface area (Å²) in [6, 6.07) is 0. The van der Waals surface area contributed by atoms with E-state index in [9.17, 15) is 0 Å². The second kappa shape index (κ2) is 6.44. The third-order valence-corrected chi connectivity index (χ3v) is 26.7. The monoisotopic (exact) mass is 486 g/mol. The molecule has 0 nitrogen and oxygen atoms in total. The first-order valence-corrected chi connectivity index (χ1v) is 21.8. The van der Waals surface area contributed by atoms with E-state index >= 15 is 0 Å². The quantitative estimate of drug-likeness (QED) is 0.329. The van der Waals surface area contributed by atoms with E-state index in [1.54, 1.807) is 31.9 Å². The summed E-state index contributed by atoms with van der Waals surface area (Å²) < 4.78 is 0. The Bertz CT molecular complexity index is 197. The van der Waals surface area contributed by atoms with E-state index in [0.717, 1.165) is 0 Å². The van der Waals surface area contributed by atoms with Gasteiger partial charge in [-0.15, -0.1) is 0 Å². The van der Waals surface area contributed by atoms with Crippen molar-refractivity contribution in [3.8, 4) is 0 Å². The molecule has 0 bridgehead atoms. The van der Waals surface area contributed by atoms with E-state index in [1.165, 1.54) is 38.5 Å². The SMILES string of the molecule is Br[Se]1(CCCC[Se]2(Br)CCCC2)CCCC1. The fourth-order valence-electron chi connectivity index (χ4n) is 2.78. The first-order chi connectivity index (χ1) is 7.62. The van der Waals surface area contributed by atoms with Crippen LogP contribution in [0.15, 0.2) is 0 Å².